The van der Waals surface area contributed by atoms with Crippen molar-refractivity contribution >= 4 is 41.0 Å². The van der Waals surface area contributed by atoms with Crippen LogP contribution in [0.15, 0.2) is 47.6 Å². The van der Waals surface area contributed by atoms with Gasteiger partial charge in [0.15, 0.2) is 0 Å². The highest BCUT2D eigenvalue weighted by Crippen LogP contribution is 2.21. The number of halogens is 2. The fraction of sp³-hybridized carbons (Fsp3) is 0. The predicted octanol–water partition coefficient (Wildman–Crippen LogP) is 3.34. The minimum atomic E-state index is -0.343. The van der Waals surface area contributed by atoms with E-state index in [1.54, 1.807) is 42.5 Å². The lowest BCUT2D eigenvalue weighted by Crippen LogP contribution is -2.17. The first-order valence-electron chi connectivity index (χ1n) is 5.71. The Labute approximate surface area is 126 Å². The Morgan fingerprint density at radius 3 is 2.30 bits per heavy atom. The number of anilines is 1. The Kier molecular flexibility index (Phi) is 4.61. The molecule has 0 spiro atoms. The van der Waals surface area contributed by atoms with Gasteiger partial charge in [0, 0.05) is 16.8 Å². The molecule has 6 heteroatoms. The van der Waals surface area contributed by atoms with Crippen molar-refractivity contribution in [1.29, 1.82) is 0 Å². The van der Waals surface area contributed by atoms with E-state index in [9.17, 15) is 4.79 Å². The van der Waals surface area contributed by atoms with E-state index in [-0.39, 0.29) is 5.91 Å². The first-order valence-corrected chi connectivity index (χ1v) is 6.46. The number of hydrogen-bond acceptors (Lipinski definition) is 3. The van der Waals surface area contributed by atoms with Gasteiger partial charge in [0.25, 0.3) is 5.91 Å². The van der Waals surface area contributed by atoms with Crippen LogP contribution in [0.3, 0.4) is 0 Å². The third-order valence-electron chi connectivity index (χ3n) is 2.53. The maximum atomic E-state index is 11.8. The van der Waals surface area contributed by atoms with Gasteiger partial charge in [-0.3, -0.25) is 4.79 Å². The van der Waals surface area contributed by atoms with Gasteiger partial charge >= 0.3 is 0 Å². The topological polar surface area (TPSA) is 67.5 Å². The van der Waals surface area contributed by atoms with Crippen LogP contribution >= 0.6 is 23.2 Å². The Morgan fingerprint density at radius 2 is 1.70 bits per heavy atom. The molecule has 0 saturated heterocycles. The van der Waals surface area contributed by atoms with Crippen LogP contribution in [0, 0.1) is 0 Å². The van der Waals surface area contributed by atoms with E-state index in [2.05, 4.69) is 10.5 Å². The van der Waals surface area contributed by atoms with Crippen LogP contribution in [0.1, 0.15) is 15.9 Å². The highest BCUT2D eigenvalue weighted by atomic mass is 35.5. The maximum absolute atomic E-state index is 11.8. The number of rotatable bonds is 3. The summed E-state index contributed by atoms with van der Waals surface area (Å²) < 4.78 is 0. The number of nitrogens with zero attached hydrogens (tertiary/aromatic N) is 1. The van der Waals surface area contributed by atoms with E-state index in [1.807, 2.05) is 0 Å². The van der Waals surface area contributed by atoms with Crippen molar-refractivity contribution in [3.8, 4) is 0 Å². The van der Waals surface area contributed by atoms with Gasteiger partial charge in [0.05, 0.1) is 16.3 Å². The lowest BCUT2D eigenvalue weighted by Gasteiger charge is -2.02. The summed E-state index contributed by atoms with van der Waals surface area (Å²) in [5, 5.41) is 4.76. The van der Waals surface area contributed by atoms with Crippen LogP contribution in [0.4, 0.5) is 5.69 Å². The molecule has 0 aliphatic heterocycles. The minimum Gasteiger partial charge on any atom is -0.399 e. The molecule has 0 unspecified atom stereocenters. The third-order valence-corrected chi connectivity index (χ3v) is 3.19. The van der Waals surface area contributed by atoms with Crippen molar-refractivity contribution in [2.24, 2.45) is 5.10 Å². The molecule has 0 aromatic heterocycles. The van der Waals surface area contributed by atoms with Crippen molar-refractivity contribution in [3.63, 3.8) is 0 Å². The number of hydrogen-bond donors (Lipinski definition) is 2. The molecule has 20 heavy (non-hydrogen) atoms. The van der Waals surface area contributed by atoms with Gasteiger partial charge in [-0.15, -0.1) is 0 Å². The highest BCUT2D eigenvalue weighted by molar-refractivity contribution is 6.38. The van der Waals surface area contributed by atoms with Crippen LogP contribution in [0.25, 0.3) is 0 Å². The second-order valence-corrected chi connectivity index (χ2v) is 4.77. The number of hydrazone groups is 1. The lowest BCUT2D eigenvalue weighted by molar-refractivity contribution is 0.0955. The van der Waals surface area contributed by atoms with Gasteiger partial charge in [0.2, 0.25) is 0 Å². The molecule has 0 fully saturated rings. The molecule has 4 nitrogen and oxygen atoms in total. The normalized spacial score (nSPS) is 10.7. The SMILES string of the molecule is Nc1ccc(C(=O)N/N=C/c2c(Cl)cccc2Cl)cc1. The van der Waals surface area contributed by atoms with Crippen LogP contribution in [0.2, 0.25) is 10.0 Å². The zero-order valence-electron chi connectivity index (χ0n) is 10.3. The molecular weight excluding hydrogens is 297 g/mol. The number of nitrogen functional groups attached to an aromatic ring is 1. The second kappa shape index (κ2) is 6.41. The van der Waals surface area contributed by atoms with E-state index in [0.29, 0.717) is 26.9 Å². The molecular formula is C14H11Cl2N3O. The average Bonchev–Trinajstić information content (AvgIpc) is 2.42. The largest absolute Gasteiger partial charge is 0.399 e. The molecule has 2 rings (SSSR count). The Morgan fingerprint density at radius 1 is 1.10 bits per heavy atom. The van der Waals surface area contributed by atoms with E-state index in [4.69, 9.17) is 28.9 Å². The maximum Gasteiger partial charge on any atom is 0.271 e. The van der Waals surface area contributed by atoms with Crippen LogP contribution in [0.5, 0.6) is 0 Å². The summed E-state index contributed by atoms with van der Waals surface area (Å²) >= 11 is 12.0. The molecule has 0 radical (unpaired) electrons. The minimum absolute atomic E-state index is 0.343. The van der Waals surface area contributed by atoms with E-state index >= 15 is 0 Å². The summed E-state index contributed by atoms with van der Waals surface area (Å²) in [5.41, 5.74) is 9.54. The van der Waals surface area contributed by atoms with Crippen molar-refractivity contribution in [2.75, 3.05) is 5.73 Å². The standard InChI is InChI=1S/C14H11Cl2N3O/c15-12-2-1-3-13(16)11(12)8-18-19-14(20)9-4-6-10(17)7-5-9/h1-8H,17H2,(H,19,20)/b18-8+. The third kappa shape index (κ3) is 3.50. The first-order chi connectivity index (χ1) is 9.58. The molecule has 0 aliphatic carbocycles. The summed E-state index contributed by atoms with van der Waals surface area (Å²) in [6.45, 7) is 0. The molecule has 0 saturated carbocycles. The second-order valence-electron chi connectivity index (χ2n) is 3.96. The molecule has 3 N–H and O–H groups in total. The number of nitrogens with two attached hydrogens (primary N) is 1. The van der Waals surface area contributed by atoms with Crippen molar-refractivity contribution in [1.82, 2.24) is 5.43 Å². The Bertz CT molecular complexity index is 634. The summed E-state index contributed by atoms with van der Waals surface area (Å²) in [6.07, 6.45) is 1.40. The fourth-order valence-electron chi connectivity index (χ4n) is 1.49. The van der Waals surface area contributed by atoms with Crippen molar-refractivity contribution in [3.05, 3.63) is 63.6 Å². The average molecular weight is 308 g/mol. The number of nitrogens with one attached hydrogen (secondary N) is 1. The monoisotopic (exact) mass is 307 g/mol. The molecule has 2 aromatic carbocycles. The molecule has 0 atom stereocenters. The summed E-state index contributed by atoms with van der Waals surface area (Å²) in [7, 11) is 0. The van der Waals surface area contributed by atoms with Gasteiger partial charge in [-0.25, -0.2) is 5.43 Å². The van der Waals surface area contributed by atoms with Crippen molar-refractivity contribution < 1.29 is 4.79 Å². The summed E-state index contributed by atoms with van der Waals surface area (Å²) in [4.78, 5) is 11.8. The number of carbonyl (C=O) groups is 1. The van der Waals surface area contributed by atoms with Gasteiger partial charge < -0.3 is 5.73 Å². The first kappa shape index (κ1) is 14.4. The van der Waals surface area contributed by atoms with E-state index in [1.165, 1.54) is 6.21 Å². The van der Waals surface area contributed by atoms with Gasteiger partial charge in [-0.05, 0) is 36.4 Å². The number of benzene rings is 2. The van der Waals surface area contributed by atoms with Crippen LogP contribution in [-0.4, -0.2) is 12.1 Å². The molecule has 0 heterocycles. The smallest absolute Gasteiger partial charge is 0.271 e. The van der Waals surface area contributed by atoms with Gasteiger partial charge in [-0.2, -0.15) is 5.10 Å². The number of carbonyl (C=O) groups excluding carboxylic acids is 1. The molecule has 1 amide bonds. The van der Waals surface area contributed by atoms with E-state index in [0.717, 1.165) is 0 Å². The van der Waals surface area contributed by atoms with Crippen LogP contribution in [-0.2, 0) is 0 Å². The lowest BCUT2D eigenvalue weighted by atomic mass is 10.2. The fourth-order valence-corrected chi connectivity index (χ4v) is 1.98. The quantitative estimate of drug-likeness (QED) is 0.519. The Balaban J connectivity index is 2.06. The molecule has 0 bridgehead atoms. The molecule has 0 aliphatic rings. The zero-order chi connectivity index (χ0) is 14.5. The van der Waals surface area contributed by atoms with E-state index < -0.39 is 0 Å². The van der Waals surface area contributed by atoms with Gasteiger partial charge in [-0.1, -0.05) is 29.3 Å². The molecule has 2 aromatic rings. The molecule has 102 valence electrons. The number of amides is 1. The Hall–Kier alpha value is -2.04. The van der Waals surface area contributed by atoms with Gasteiger partial charge in [0.1, 0.15) is 0 Å². The summed E-state index contributed by atoms with van der Waals surface area (Å²) in [5.74, 6) is -0.343. The van der Waals surface area contributed by atoms with Crippen molar-refractivity contribution in [2.45, 2.75) is 0 Å². The van der Waals surface area contributed by atoms with Crippen LogP contribution < -0.4 is 11.2 Å². The zero-order valence-corrected chi connectivity index (χ0v) is 11.8. The summed E-state index contributed by atoms with van der Waals surface area (Å²) in [6, 6.07) is 11.6. The highest BCUT2D eigenvalue weighted by Gasteiger charge is 2.04. The predicted molar refractivity (Wildman–Crippen MR) is 82.4 cm³/mol.